The van der Waals surface area contributed by atoms with Crippen molar-refractivity contribution in [1.29, 1.82) is 0 Å². The van der Waals surface area contributed by atoms with Crippen molar-refractivity contribution in [2.24, 2.45) is 0 Å². The van der Waals surface area contributed by atoms with Gasteiger partial charge >= 0.3 is 0 Å². The van der Waals surface area contributed by atoms with Crippen LogP contribution in [0, 0.1) is 0 Å². The Balaban J connectivity index is 1.30. The summed E-state index contributed by atoms with van der Waals surface area (Å²) in [6.45, 7) is 4.71. The Morgan fingerprint density at radius 3 is 2.43 bits per heavy atom. The van der Waals surface area contributed by atoms with E-state index in [1.165, 1.54) is 24.1 Å². The first kappa shape index (κ1) is 18.9. The summed E-state index contributed by atoms with van der Waals surface area (Å²) < 4.78 is 0. The molecule has 1 saturated heterocycles. The van der Waals surface area contributed by atoms with Crippen LogP contribution >= 0.6 is 0 Å². The zero-order valence-corrected chi connectivity index (χ0v) is 17.1. The highest BCUT2D eigenvalue weighted by atomic mass is 16.1. The van der Waals surface area contributed by atoms with Gasteiger partial charge in [0.25, 0.3) is 5.56 Å². The number of aromatic nitrogens is 2. The minimum atomic E-state index is -0.0408. The number of nitrogens with zero attached hydrogens (tertiary/aromatic N) is 3. The minimum absolute atomic E-state index is 0.0408. The Hall–Kier alpha value is -3.12. The van der Waals surface area contributed by atoms with Crippen LogP contribution in [0.2, 0.25) is 0 Å². The fourth-order valence-corrected chi connectivity index (χ4v) is 4.44. The molecule has 3 aromatic rings. The van der Waals surface area contributed by atoms with Gasteiger partial charge in [-0.1, -0.05) is 12.1 Å². The first-order valence-corrected chi connectivity index (χ1v) is 10.7. The van der Waals surface area contributed by atoms with Crippen molar-refractivity contribution in [2.75, 3.05) is 30.3 Å². The van der Waals surface area contributed by atoms with E-state index in [2.05, 4.69) is 39.0 Å². The predicted octanol–water partition coefficient (Wildman–Crippen LogP) is 3.18. The average molecular weight is 402 g/mol. The van der Waals surface area contributed by atoms with E-state index in [0.717, 1.165) is 49.4 Å². The van der Waals surface area contributed by atoms with Gasteiger partial charge in [-0.05, 0) is 54.8 Å². The predicted molar refractivity (Wildman–Crippen MR) is 120 cm³/mol. The minimum Gasteiger partial charge on any atom is -0.399 e. The fourth-order valence-electron chi connectivity index (χ4n) is 4.44. The van der Waals surface area contributed by atoms with Crippen LogP contribution in [0.5, 0.6) is 0 Å². The summed E-state index contributed by atoms with van der Waals surface area (Å²) in [5.41, 5.74) is 11.6. The quantitative estimate of drug-likeness (QED) is 0.657. The van der Waals surface area contributed by atoms with E-state index in [-0.39, 0.29) is 5.56 Å². The standard InChI is InChI=1S/C24H27N5O/c25-19-7-5-18(6-8-19)23-26-22-11-14-28(16-21(22)24(30)27-23)15-17-3-9-20(10-4-17)29-12-1-2-13-29/h3-10H,1-2,11-16,25H2,(H,26,27,30). The molecule has 2 aliphatic rings. The lowest BCUT2D eigenvalue weighted by molar-refractivity contribution is 0.242. The van der Waals surface area contributed by atoms with Gasteiger partial charge in [0, 0.05) is 56.1 Å². The van der Waals surface area contributed by atoms with Crippen LogP contribution < -0.4 is 16.2 Å². The van der Waals surface area contributed by atoms with E-state index in [1.807, 2.05) is 24.3 Å². The smallest absolute Gasteiger partial charge is 0.255 e. The average Bonchev–Trinajstić information content (AvgIpc) is 3.30. The zero-order valence-electron chi connectivity index (χ0n) is 17.1. The van der Waals surface area contributed by atoms with Crippen molar-refractivity contribution in [3.05, 3.63) is 75.7 Å². The van der Waals surface area contributed by atoms with Gasteiger partial charge in [0.2, 0.25) is 0 Å². The molecule has 3 heterocycles. The van der Waals surface area contributed by atoms with Crippen LogP contribution in [-0.4, -0.2) is 34.5 Å². The Morgan fingerprint density at radius 2 is 1.70 bits per heavy atom. The monoisotopic (exact) mass is 401 g/mol. The summed E-state index contributed by atoms with van der Waals surface area (Å²) in [6, 6.07) is 16.3. The normalized spacial score (nSPS) is 16.6. The summed E-state index contributed by atoms with van der Waals surface area (Å²) >= 11 is 0. The third-order valence-electron chi connectivity index (χ3n) is 6.15. The number of hydrogen-bond donors (Lipinski definition) is 2. The first-order chi connectivity index (χ1) is 14.7. The third-order valence-corrected chi connectivity index (χ3v) is 6.15. The van der Waals surface area contributed by atoms with E-state index >= 15 is 0 Å². The second-order valence-electron chi connectivity index (χ2n) is 8.28. The van der Waals surface area contributed by atoms with Gasteiger partial charge in [-0.15, -0.1) is 0 Å². The maximum atomic E-state index is 12.8. The topological polar surface area (TPSA) is 78.2 Å². The Labute approximate surface area is 176 Å². The molecule has 3 N–H and O–H groups in total. The Kier molecular flexibility index (Phi) is 5.01. The molecule has 154 valence electrons. The Bertz CT molecular complexity index is 1080. The molecule has 0 radical (unpaired) electrons. The molecule has 2 aliphatic heterocycles. The number of aromatic amines is 1. The molecule has 2 aromatic carbocycles. The largest absolute Gasteiger partial charge is 0.399 e. The number of rotatable bonds is 4. The lowest BCUT2D eigenvalue weighted by Crippen LogP contribution is -2.35. The van der Waals surface area contributed by atoms with E-state index in [0.29, 0.717) is 18.1 Å². The van der Waals surface area contributed by atoms with Crippen molar-refractivity contribution >= 4 is 11.4 Å². The Morgan fingerprint density at radius 1 is 0.967 bits per heavy atom. The number of nitrogen functional groups attached to an aromatic ring is 1. The number of nitrogens with two attached hydrogens (primary N) is 1. The second kappa shape index (κ2) is 7.95. The number of fused-ring (bicyclic) bond motifs is 1. The highest BCUT2D eigenvalue weighted by Gasteiger charge is 2.22. The van der Waals surface area contributed by atoms with Gasteiger partial charge in [0.05, 0.1) is 11.3 Å². The van der Waals surface area contributed by atoms with Crippen LogP contribution in [0.4, 0.5) is 11.4 Å². The van der Waals surface area contributed by atoms with Gasteiger partial charge in [-0.3, -0.25) is 9.69 Å². The van der Waals surface area contributed by atoms with Crippen LogP contribution in [-0.2, 0) is 19.5 Å². The van der Waals surface area contributed by atoms with Crippen molar-refractivity contribution in [1.82, 2.24) is 14.9 Å². The summed E-state index contributed by atoms with van der Waals surface area (Å²) in [4.78, 5) is 25.2. The lowest BCUT2D eigenvalue weighted by atomic mass is 10.1. The number of benzene rings is 2. The molecule has 0 spiro atoms. The molecule has 1 fully saturated rings. The molecular weight excluding hydrogens is 374 g/mol. The zero-order chi connectivity index (χ0) is 20.5. The van der Waals surface area contributed by atoms with Crippen LogP contribution in [0.3, 0.4) is 0 Å². The van der Waals surface area contributed by atoms with Crippen molar-refractivity contribution < 1.29 is 0 Å². The maximum absolute atomic E-state index is 12.8. The molecule has 0 bridgehead atoms. The second-order valence-corrected chi connectivity index (χ2v) is 8.28. The van der Waals surface area contributed by atoms with Crippen molar-refractivity contribution in [2.45, 2.75) is 32.4 Å². The summed E-state index contributed by atoms with van der Waals surface area (Å²) in [5, 5.41) is 0. The molecule has 5 rings (SSSR count). The van der Waals surface area contributed by atoms with Crippen molar-refractivity contribution in [3.63, 3.8) is 0 Å². The molecule has 0 amide bonds. The molecule has 6 nitrogen and oxygen atoms in total. The van der Waals surface area contributed by atoms with Gasteiger partial charge in [-0.2, -0.15) is 0 Å². The molecule has 1 aromatic heterocycles. The lowest BCUT2D eigenvalue weighted by Gasteiger charge is -2.28. The van der Waals surface area contributed by atoms with Gasteiger partial charge in [0.1, 0.15) is 5.82 Å². The summed E-state index contributed by atoms with van der Waals surface area (Å²) in [7, 11) is 0. The number of nitrogens with one attached hydrogen (secondary N) is 1. The molecule has 0 atom stereocenters. The SMILES string of the molecule is Nc1ccc(-c2nc3c(c(=O)[nH]2)CN(Cc2ccc(N4CCCC4)cc2)CC3)cc1. The van der Waals surface area contributed by atoms with Crippen molar-refractivity contribution in [3.8, 4) is 11.4 Å². The van der Waals surface area contributed by atoms with E-state index < -0.39 is 0 Å². The summed E-state index contributed by atoms with van der Waals surface area (Å²) in [6.07, 6.45) is 3.36. The molecule has 30 heavy (non-hydrogen) atoms. The van der Waals surface area contributed by atoms with Crippen LogP contribution in [0.1, 0.15) is 29.7 Å². The van der Waals surface area contributed by atoms with Crippen LogP contribution in [0.15, 0.2) is 53.3 Å². The van der Waals surface area contributed by atoms with Gasteiger partial charge < -0.3 is 15.6 Å². The fraction of sp³-hybridized carbons (Fsp3) is 0.333. The molecule has 0 saturated carbocycles. The highest BCUT2D eigenvalue weighted by molar-refractivity contribution is 5.58. The maximum Gasteiger partial charge on any atom is 0.255 e. The first-order valence-electron chi connectivity index (χ1n) is 10.7. The van der Waals surface area contributed by atoms with E-state index in [4.69, 9.17) is 10.7 Å². The molecule has 6 heteroatoms. The molecular formula is C24H27N5O. The highest BCUT2D eigenvalue weighted by Crippen LogP contribution is 2.23. The van der Waals surface area contributed by atoms with E-state index in [9.17, 15) is 4.79 Å². The van der Waals surface area contributed by atoms with E-state index in [1.54, 1.807) is 0 Å². The number of H-pyrrole nitrogens is 1. The third kappa shape index (κ3) is 3.83. The molecule has 0 unspecified atom stereocenters. The van der Waals surface area contributed by atoms with Crippen LogP contribution in [0.25, 0.3) is 11.4 Å². The number of anilines is 2. The van der Waals surface area contributed by atoms with Gasteiger partial charge in [-0.25, -0.2) is 4.98 Å². The molecule has 0 aliphatic carbocycles. The van der Waals surface area contributed by atoms with Gasteiger partial charge in [0.15, 0.2) is 0 Å². The summed E-state index contributed by atoms with van der Waals surface area (Å²) in [5.74, 6) is 0.615. The number of hydrogen-bond acceptors (Lipinski definition) is 5.